The fourth-order valence-electron chi connectivity index (χ4n) is 1.19. The molecule has 0 N–H and O–H groups in total. The summed E-state index contributed by atoms with van der Waals surface area (Å²) in [4.78, 5) is 11.5. The number of nitrogens with zero attached hydrogens (tertiary/aromatic N) is 3. The van der Waals surface area contributed by atoms with Crippen molar-refractivity contribution in [3.63, 3.8) is 0 Å². The Balaban J connectivity index is 2.66. The minimum Gasteiger partial charge on any atom is -0.289 e. The van der Waals surface area contributed by atoms with E-state index < -0.39 is 0 Å². The Labute approximate surface area is 69.8 Å². The lowest BCUT2D eigenvalue weighted by atomic mass is 10.3. The number of aryl methyl sites for hydroxylation is 1. The predicted molar refractivity (Wildman–Crippen MR) is 43.1 cm³/mol. The summed E-state index contributed by atoms with van der Waals surface area (Å²) in [6.45, 7) is 2.58. The van der Waals surface area contributed by atoms with E-state index in [4.69, 9.17) is 0 Å². The molecule has 0 aliphatic carbocycles. The molecule has 1 aromatic heterocycles. The van der Waals surface area contributed by atoms with Gasteiger partial charge in [-0.05, 0) is 17.7 Å². The van der Waals surface area contributed by atoms with Crippen LogP contribution >= 0.6 is 0 Å². The van der Waals surface area contributed by atoms with Gasteiger partial charge in [0.25, 0.3) is 5.69 Å². The summed E-state index contributed by atoms with van der Waals surface area (Å²) in [5, 5.41) is 4.05. The molecule has 2 rings (SSSR count). The molecule has 4 nitrogen and oxygen atoms in total. The molecule has 2 heterocycles. The maximum absolute atomic E-state index is 11.5. The Kier molecular flexibility index (Phi) is 1.53. The van der Waals surface area contributed by atoms with Crippen molar-refractivity contribution in [1.82, 2.24) is 9.67 Å². The fraction of sp³-hybridized carbons (Fsp3) is 0.250. The number of aromatic nitrogens is 3. The lowest BCUT2D eigenvalue weighted by Gasteiger charge is -1.96. The van der Waals surface area contributed by atoms with Gasteiger partial charge in [0.15, 0.2) is 12.5 Å². The van der Waals surface area contributed by atoms with Crippen molar-refractivity contribution in [2.75, 3.05) is 0 Å². The van der Waals surface area contributed by atoms with E-state index in [-0.39, 0.29) is 5.56 Å². The molecule has 0 atom stereocenters. The standard InChI is InChI=1S/C8H9N3O/c1-2-10-6-9-11-5-3-4-7(11)8(10)12/h3-6H,2H2,1H3/q+1. The zero-order valence-corrected chi connectivity index (χ0v) is 6.77. The molecule has 12 heavy (non-hydrogen) atoms. The first-order chi connectivity index (χ1) is 5.83. The van der Waals surface area contributed by atoms with Crippen LogP contribution in [0.1, 0.15) is 12.6 Å². The Morgan fingerprint density at radius 2 is 2.50 bits per heavy atom. The van der Waals surface area contributed by atoms with E-state index in [9.17, 15) is 4.79 Å². The van der Waals surface area contributed by atoms with Crippen LogP contribution < -0.4 is 10.2 Å². The number of rotatable bonds is 1. The van der Waals surface area contributed by atoms with E-state index in [1.165, 1.54) is 0 Å². The highest BCUT2D eigenvalue weighted by Crippen LogP contribution is 1.96. The first-order valence-electron chi connectivity index (χ1n) is 3.85. The van der Waals surface area contributed by atoms with Crippen molar-refractivity contribution in [2.45, 2.75) is 13.5 Å². The third kappa shape index (κ3) is 0.879. The molecule has 1 radical (unpaired) electrons. The molecule has 0 bridgehead atoms. The molecule has 0 amide bonds. The van der Waals surface area contributed by atoms with Crippen molar-refractivity contribution < 1.29 is 4.68 Å². The number of fused-ring (bicyclic) bond motifs is 1. The quantitative estimate of drug-likeness (QED) is 0.528. The molecule has 0 aromatic carbocycles. The molecule has 4 heteroatoms. The van der Waals surface area contributed by atoms with Crippen LogP contribution in [0.5, 0.6) is 0 Å². The van der Waals surface area contributed by atoms with Gasteiger partial charge in [0.1, 0.15) is 0 Å². The van der Waals surface area contributed by atoms with Gasteiger partial charge in [-0.2, -0.15) is 0 Å². The van der Waals surface area contributed by atoms with Gasteiger partial charge in [0, 0.05) is 11.6 Å². The maximum atomic E-state index is 11.5. The maximum Gasteiger partial charge on any atom is 0.322 e. The third-order valence-corrected chi connectivity index (χ3v) is 1.86. The summed E-state index contributed by atoms with van der Waals surface area (Å²) in [6.07, 6.45) is 6.89. The van der Waals surface area contributed by atoms with Crippen LogP contribution in [0.3, 0.4) is 0 Å². The molecule has 0 saturated carbocycles. The van der Waals surface area contributed by atoms with Crippen LogP contribution in [-0.2, 0) is 6.54 Å². The van der Waals surface area contributed by atoms with E-state index in [2.05, 4.69) is 5.10 Å². The van der Waals surface area contributed by atoms with E-state index in [1.54, 1.807) is 28.2 Å². The summed E-state index contributed by atoms with van der Waals surface area (Å²) in [5.41, 5.74) is 0.636. The predicted octanol–water partition coefficient (Wildman–Crippen LogP) is -0.413. The Bertz CT molecular complexity index is 392. The average Bonchev–Trinajstić information content (AvgIpc) is 2.53. The molecule has 1 aliphatic rings. The highest BCUT2D eigenvalue weighted by Gasteiger charge is 2.21. The Morgan fingerprint density at radius 1 is 1.67 bits per heavy atom. The van der Waals surface area contributed by atoms with Crippen molar-refractivity contribution in [1.29, 1.82) is 0 Å². The minimum absolute atomic E-state index is 0.0116. The van der Waals surface area contributed by atoms with E-state index in [0.717, 1.165) is 0 Å². The van der Waals surface area contributed by atoms with E-state index >= 15 is 0 Å². The first kappa shape index (κ1) is 7.21. The van der Waals surface area contributed by atoms with Crippen LogP contribution in [0, 0.1) is 6.42 Å². The smallest absolute Gasteiger partial charge is 0.289 e. The summed E-state index contributed by atoms with van der Waals surface area (Å²) in [7, 11) is 0. The monoisotopic (exact) mass is 163 g/mol. The second-order valence-corrected chi connectivity index (χ2v) is 2.56. The Morgan fingerprint density at radius 3 is 3.25 bits per heavy atom. The fourth-order valence-corrected chi connectivity index (χ4v) is 1.19. The molecule has 1 aliphatic heterocycles. The Hall–Kier alpha value is -1.45. The highest BCUT2D eigenvalue weighted by atomic mass is 16.1. The van der Waals surface area contributed by atoms with Crippen molar-refractivity contribution >= 4 is 6.20 Å². The zero-order valence-electron chi connectivity index (χ0n) is 6.77. The van der Waals surface area contributed by atoms with Crippen LogP contribution in [-0.4, -0.2) is 9.67 Å². The largest absolute Gasteiger partial charge is 0.322 e. The molecular formula is C8H9N3O+. The molecule has 61 valence electrons. The second-order valence-electron chi connectivity index (χ2n) is 2.56. The van der Waals surface area contributed by atoms with Crippen molar-refractivity contribution in [3.8, 4) is 0 Å². The molecule has 1 aromatic rings. The molecule has 0 fully saturated rings. The van der Waals surface area contributed by atoms with Crippen LogP contribution in [0.25, 0.3) is 6.20 Å². The van der Waals surface area contributed by atoms with Crippen molar-refractivity contribution in [3.05, 3.63) is 34.9 Å². The number of hydrogen-bond acceptors (Lipinski definition) is 2. The lowest BCUT2D eigenvalue weighted by molar-refractivity contribution is -0.637. The zero-order chi connectivity index (χ0) is 8.55. The number of allylic oxidation sites excluding steroid dienone is 1. The highest BCUT2D eigenvalue weighted by molar-refractivity contribution is 5.28. The van der Waals surface area contributed by atoms with Gasteiger partial charge >= 0.3 is 5.56 Å². The van der Waals surface area contributed by atoms with Crippen LogP contribution in [0.15, 0.2) is 17.2 Å². The molecule has 0 spiro atoms. The molecule has 0 unspecified atom stereocenters. The summed E-state index contributed by atoms with van der Waals surface area (Å²) >= 11 is 0. The van der Waals surface area contributed by atoms with Gasteiger partial charge in [0.05, 0.1) is 6.42 Å². The summed E-state index contributed by atoms with van der Waals surface area (Å²) in [6, 6.07) is 0. The third-order valence-electron chi connectivity index (χ3n) is 1.86. The van der Waals surface area contributed by atoms with Gasteiger partial charge in [-0.1, -0.05) is 0 Å². The average molecular weight is 163 g/mol. The molecular weight excluding hydrogens is 154 g/mol. The normalized spacial score (nSPS) is 13.4. The van der Waals surface area contributed by atoms with Gasteiger partial charge in [0.2, 0.25) is 0 Å². The SMILES string of the molecule is CCn1cn[n+]2c(c1=O)[CH]C=C2. The van der Waals surface area contributed by atoms with Crippen LogP contribution in [0.4, 0.5) is 0 Å². The van der Waals surface area contributed by atoms with Crippen LogP contribution in [0.2, 0.25) is 0 Å². The lowest BCUT2D eigenvalue weighted by Crippen LogP contribution is -2.42. The topological polar surface area (TPSA) is 38.8 Å². The van der Waals surface area contributed by atoms with Gasteiger partial charge in [-0.25, -0.2) is 0 Å². The summed E-state index contributed by atoms with van der Waals surface area (Å²) < 4.78 is 3.16. The number of hydrogen-bond donors (Lipinski definition) is 0. The first-order valence-corrected chi connectivity index (χ1v) is 3.85. The second kappa shape index (κ2) is 2.55. The van der Waals surface area contributed by atoms with Crippen molar-refractivity contribution in [2.24, 2.45) is 0 Å². The van der Waals surface area contributed by atoms with E-state index in [1.807, 2.05) is 13.0 Å². The van der Waals surface area contributed by atoms with Gasteiger partial charge in [-0.15, -0.1) is 0 Å². The summed E-state index contributed by atoms with van der Waals surface area (Å²) in [5.74, 6) is 0. The van der Waals surface area contributed by atoms with Gasteiger partial charge in [-0.3, -0.25) is 9.36 Å². The minimum atomic E-state index is 0.0116. The molecule has 0 saturated heterocycles. The van der Waals surface area contributed by atoms with E-state index in [0.29, 0.717) is 12.2 Å². The van der Waals surface area contributed by atoms with Gasteiger partial charge < -0.3 is 0 Å².